The molecule has 2 amide bonds. The molecule has 0 bridgehead atoms. The lowest BCUT2D eigenvalue weighted by molar-refractivity contribution is -0.136. The van der Waals surface area contributed by atoms with Crippen molar-refractivity contribution in [3.8, 4) is 0 Å². The normalized spacial score (nSPS) is 24.9. The van der Waals surface area contributed by atoms with Crippen LogP contribution < -0.4 is 10.6 Å². The van der Waals surface area contributed by atoms with Gasteiger partial charge < -0.3 is 25.2 Å². The van der Waals surface area contributed by atoms with Gasteiger partial charge in [0.25, 0.3) is 0 Å². The molecular formula is C21H32N4O5. The number of nitrogens with one attached hydrogen (secondary N) is 2. The summed E-state index contributed by atoms with van der Waals surface area (Å²) in [5.74, 6) is -0.142. The van der Waals surface area contributed by atoms with E-state index in [1.54, 1.807) is 12.4 Å². The van der Waals surface area contributed by atoms with E-state index in [-0.39, 0.29) is 37.0 Å². The molecule has 3 N–H and O–H groups in total. The SMILES string of the molecule is O=C(C[C@@H]1CC[C@@H](NC(=O)CN2CCOCC2)[C@@H](CO)O1)NCCc1ccncc1. The Hall–Kier alpha value is -2.07. The van der Waals surface area contributed by atoms with E-state index < -0.39 is 6.10 Å². The number of hydrogen-bond acceptors (Lipinski definition) is 7. The van der Waals surface area contributed by atoms with Gasteiger partial charge in [0.1, 0.15) is 6.10 Å². The first-order chi connectivity index (χ1) is 14.6. The maximum absolute atomic E-state index is 12.3. The summed E-state index contributed by atoms with van der Waals surface area (Å²) in [7, 11) is 0. The summed E-state index contributed by atoms with van der Waals surface area (Å²) in [6.07, 6.45) is 5.05. The molecule has 2 saturated heterocycles. The van der Waals surface area contributed by atoms with Crippen LogP contribution in [0.5, 0.6) is 0 Å². The fourth-order valence-corrected chi connectivity index (χ4v) is 3.84. The molecule has 2 fully saturated rings. The predicted molar refractivity (Wildman–Crippen MR) is 110 cm³/mol. The minimum atomic E-state index is -0.498. The van der Waals surface area contributed by atoms with E-state index >= 15 is 0 Å². The van der Waals surface area contributed by atoms with Crippen molar-refractivity contribution in [2.45, 2.75) is 43.9 Å². The number of aliphatic hydroxyl groups is 1. The molecule has 2 aliphatic rings. The Kier molecular flexibility index (Phi) is 9.00. The van der Waals surface area contributed by atoms with Crippen LogP contribution in [0.2, 0.25) is 0 Å². The van der Waals surface area contributed by atoms with Crippen LogP contribution in [0, 0.1) is 0 Å². The maximum Gasteiger partial charge on any atom is 0.234 e. The lowest BCUT2D eigenvalue weighted by atomic mass is 9.97. The Morgan fingerprint density at radius 1 is 1.17 bits per heavy atom. The summed E-state index contributed by atoms with van der Waals surface area (Å²) in [5.41, 5.74) is 1.12. The number of carbonyl (C=O) groups is 2. The molecule has 9 heteroatoms. The lowest BCUT2D eigenvalue weighted by Gasteiger charge is -2.36. The fourth-order valence-electron chi connectivity index (χ4n) is 3.84. The van der Waals surface area contributed by atoms with Crippen LogP contribution in [-0.4, -0.2) is 91.1 Å². The molecule has 9 nitrogen and oxygen atoms in total. The van der Waals surface area contributed by atoms with Crippen molar-refractivity contribution >= 4 is 11.8 Å². The van der Waals surface area contributed by atoms with E-state index in [0.29, 0.717) is 39.1 Å². The molecular weight excluding hydrogens is 388 g/mol. The lowest BCUT2D eigenvalue weighted by Crippen LogP contribution is -2.53. The van der Waals surface area contributed by atoms with Crippen molar-refractivity contribution in [3.63, 3.8) is 0 Å². The third-order valence-corrected chi connectivity index (χ3v) is 5.51. The average molecular weight is 421 g/mol. The van der Waals surface area contributed by atoms with Gasteiger partial charge in [0.2, 0.25) is 11.8 Å². The second kappa shape index (κ2) is 11.9. The average Bonchev–Trinajstić information content (AvgIpc) is 2.76. The molecule has 0 spiro atoms. The van der Waals surface area contributed by atoms with Crippen LogP contribution in [-0.2, 0) is 25.5 Å². The third kappa shape index (κ3) is 7.32. The van der Waals surface area contributed by atoms with Crippen LogP contribution in [0.25, 0.3) is 0 Å². The van der Waals surface area contributed by atoms with E-state index in [1.165, 1.54) is 0 Å². The minimum Gasteiger partial charge on any atom is -0.394 e. The third-order valence-electron chi connectivity index (χ3n) is 5.51. The number of pyridine rings is 1. The molecule has 0 aliphatic carbocycles. The highest BCUT2D eigenvalue weighted by atomic mass is 16.5. The monoisotopic (exact) mass is 420 g/mol. The van der Waals surface area contributed by atoms with Crippen LogP contribution in [0.3, 0.4) is 0 Å². The Balaban J connectivity index is 1.36. The summed E-state index contributed by atoms with van der Waals surface area (Å²) in [5, 5.41) is 15.6. The summed E-state index contributed by atoms with van der Waals surface area (Å²) in [6, 6.07) is 3.61. The standard InChI is InChI=1S/C21H32N4O5/c26-15-19-18(24-21(28)14-25-9-11-29-12-10-25)2-1-17(30-19)13-20(27)23-8-5-16-3-6-22-7-4-16/h3-4,6-7,17-19,26H,1-2,5,8-15H2,(H,23,27)(H,24,28)/t17-,18+,19+/m0/s1. The number of ether oxygens (including phenoxy) is 2. The van der Waals surface area contributed by atoms with Gasteiger partial charge in [0.05, 0.1) is 44.9 Å². The Morgan fingerprint density at radius 2 is 1.93 bits per heavy atom. The fraction of sp³-hybridized carbons (Fsp3) is 0.667. The summed E-state index contributed by atoms with van der Waals surface area (Å²) in [4.78, 5) is 30.6. The predicted octanol–water partition coefficient (Wildman–Crippen LogP) is -0.513. The van der Waals surface area contributed by atoms with E-state index in [1.807, 2.05) is 12.1 Å². The quantitative estimate of drug-likeness (QED) is 0.493. The summed E-state index contributed by atoms with van der Waals surface area (Å²) >= 11 is 0. The highest BCUT2D eigenvalue weighted by molar-refractivity contribution is 5.78. The number of aromatic nitrogens is 1. The number of morpholine rings is 1. The molecule has 3 heterocycles. The highest BCUT2D eigenvalue weighted by Gasteiger charge is 2.33. The molecule has 3 rings (SSSR count). The summed E-state index contributed by atoms with van der Waals surface area (Å²) < 4.78 is 11.2. The first kappa shape index (κ1) is 22.6. The first-order valence-corrected chi connectivity index (χ1v) is 10.7. The molecule has 0 unspecified atom stereocenters. The van der Waals surface area contributed by atoms with Crippen molar-refractivity contribution < 1.29 is 24.2 Å². The number of carbonyl (C=O) groups excluding carboxylic acids is 2. The molecule has 1 aromatic heterocycles. The highest BCUT2D eigenvalue weighted by Crippen LogP contribution is 2.22. The molecule has 30 heavy (non-hydrogen) atoms. The zero-order chi connectivity index (χ0) is 21.2. The minimum absolute atomic E-state index is 0.0689. The van der Waals surface area contributed by atoms with Gasteiger partial charge in [-0.3, -0.25) is 19.5 Å². The van der Waals surface area contributed by atoms with Crippen LogP contribution in [0.4, 0.5) is 0 Å². The first-order valence-electron chi connectivity index (χ1n) is 10.7. The van der Waals surface area contributed by atoms with Crippen molar-refractivity contribution in [1.82, 2.24) is 20.5 Å². The van der Waals surface area contributed by atoms with E-state index in [4.69, 9.17) is 9.47 Å². The van der Waals surface area contributed by atoms with Crippen molar-refractivity contribution in [3.05, 3.63) is 30.1 Å². The molecule has 0 saturated carbocycles. The molecule has 3 atom stereocenters. The topological polar surface area (TPSA) is 113 Å². The van der Waals surface area contributed by atoms with E-state index in [9.17, 15) is 14.7 Å². The Labute approximate surface area is 177 Å². The summed E-state index contributed by atoms with van der Waals surface area (Å²) in [6.45, 7) is 3.46. The van der Waals surface area contributed by atoms with Crippen LogP contribution >= 0.6 is 0 Å². The molecule has 0 aromatic carbocycles. The number of aliphatic hydroxyl groups excluding tert-OH is 1. The number of amides is 2. The van der Waals surface area contributed by atoms with Gasteiger partial charge in [0, 0.05) is 32.0 Å². The molecule has 1 aromatic rings. The van der Waals surface area contributed by atoms with Gasteiger partial charge in [0.15, 0.2) is 0 Å². The number of hydrogen-bond donors (Lipinski definition) is 3. The van der Waals surface area contributed by atoms with Gasteiger partial charge in [-0.05, 0) is 37.0 Å². The number of nitrogens with zero attached hydrogens (tertiary/aromatic N) is 2. The van der Waals surface area contributed by atoms with Crippen molar-refractivity contribution in [2.75, 3.05) is 46.0 Å². The van der Waals surface area contributed by atoms with Gasteiger partial charge in [-0.1, -0.05) is 0 Å². The molecule has 0 radical (unpaired) electrons. The Morgan fingerprint density at radius 3 is 2.67 bits per heavy atom. The zero-order valence-electron chi connectivity index (χ0n) is 17.3. The van der Waals surface area contributed by atoms with Crippen LogP contribution in [0.15, 0.2) is 24.5 Å². The van der Waals surface area contributed by atoms with E-state index in [0.717, 1.165) is 25.1 Å². The van der Waals surface area contributed by atoms with Crippen molar-refractivity contribution in [2.24, 2.45) is 0 Å². The number of rotatable bonds is 9. The zero-order valence-corrected chi connectivity index (χ0v) is 17.3. The molecule has 166 valence electrons. The Bertz CT molecular complexity index is 669. The molecule has 2 aliphatic heterocycles. The van der Waals surface area contributed by atoms with Gasteiger partial charge in [-0.15, -0.1) is 0 Å². The van der Waals surface area contributed by atoms with Gasteiger partial charge >= 0.3 is 0 Å². The van der Waals surface area contributed by atoms with E-state index in [2.05, 4.69) is 20.5 Å². The largest absolute Gasteiger partial charge is 0.394 e. The van der Waals surface area contributed by atoms with Gasteiger partial charge in [-0.25, -0.2) is 0 Å². The van der Waals surface area contributed by atoms with Crippen LogP contribution in [0.1, 0.15) is 24.8 Å². The smallest absolute Gasteiger partial charge is 0.234 e. The second-order valence-corrected chi connectivity index (χ2v) is 7.78. The van der Waals surface area contributed by atoms with Crippen molar-refractivity contribution in [1.29, 1.82) is 0 Å². The van der Waals surface area contributed by atoms with Gasteiger partial charge in [-0.2, -0.15) is 0 Å². The maximum atomic E-state index is 12.3. The second-order valence-electron chi connectivity index (χ2n) is 7.78.